The average Bonchev–Trinajstić information content (AvgIpc) is 3.16. The number of carbonyl (C=O) groups excluding carboxylic acids is 1. The van der Waals surface area contributed by atoms with Crippen molar-refractivity contribution >= 4 is 17.7 Å². The Labute approximate surface area is 135 Å². The van der Waals surface area contributed by atoms with Crippen LogP contribution in [0.5, 0.6) is 0 Å². The van der Waals surface area contributed by atoms with Gasteiger partial charge in [-0.2, -0.15) is 0 Å². The molecule has 1 aromatic heterocycles. The molecule has 1 fully saturated rings. The number of carbonyl (C=O) groups is 1. The Morgan fingerprint density at radius 1 is 1.32 bits per heavy atom. The molecule has 2 aromatic rings. The van der Waals surface area contributed by atoms with E-state index in [1.54, 1.807) is 0 Å². The van der Waals surface area contributed by atoms with Crippen molar-refractivity contribution in [2.45, 2.75) is 36.9 Å². The lowest BCUT2D eigenvalue weighted by atomic mass is 10.2. The largest absolute Gasteiger partial charge is 0.353 e. The smallest absolute Gasteiger partial charge is 0.230 e. The summed E-state index contributed by atoms with van der Waals surface area (Å²) in [6.45, 7) is 0. The minimum atomic E-state index is 0.112. The van der Waals surface area contributed by atoms with Crippen molar-refractivity contribution in [3.05, 3.63) is 36.5 Å². The van der Waals surface area contributed by atoms with Crippen LogP contribution in [0.1, 0.15) is 25.7 Å². The first-order valence-corrected chi connectivity index (χ1v) is 8.72. The van der Waals surface area contributed by atoms with Crippen LogP contribution in [-0.4, -0.2) is 27.3 Å². The number of nitrogens with one attached hydrogen (secondary N) is 1. The number of amides is 1. The molecule has 1 heterocycles. The average molecular weight is 315 g/mol. The first kappa shape index (κ1) is 15.2. The van der Waals surface area contributed by atoms with Crippen molar-refractivity contribution in [3.8, 4) is 11.3 Å². The van der Waals surface area contributed by atoms with Crippen LogP contribution >= 0.6 is 11.8 Å². The van der Waals surface area contributed by atoms with E-state index in [9.17, 15) is 4.79 Å². The Balaban J connectivity index is 1.59. The quantitative estimate of drug-likeness (QED) is 0.862. The van der Waals surface area contributed by atoms with Crippen molar-refractivity contribution in [1.29, 1.82) is 0 Å². The second-order valence-corrected chi connectivity index (χ2v) is 6.63. The number of benzene rings is 1. The number of thioether (sulfide) groups is 1. The standard InChI is InChI=1S/C17H21N3OS/c1-20-15(13-7-3-2-4-8-13)11-18-17(20)22-12-16(21)19-14-9-5-6-10-14/h2-4,7-8,11,14H,5-6,9-10,12H2,1H3,(H,19,21). The maximum Gasteiger partial charge on any atom is 0.230 e. The number of imidazole rings is 1. The molecule has 0 aliphatic heterocycles. The van der Waals surface area contributed by atoms with Gasteiger partial charge in [-0.25, -0.2) is 4.98 Å². The third-order valence-electron chi connectivity index (χ3n) is 4.07. The van der Waals surface area contributed by atoms with Gasteiger partial charge in [0.05, 0.1) is 17.6 Å². The molecule has 1 aliphatic carbocycles. The molecule has 1 aromatic carbocycles. The van der Waals surface area contributed by atoms with Gasteiger partial charge in [0.15, 0.2) is 5.16 Å². The van der Waals surface area contributed by atoms with Gasteiger partial charge in [0.2, 0.25) is 5.91 Å². The minimum absolute atomic E-state index is 0.112. The summed E-state index contributed by atoms with van der Waals surface area (Å²) < 4.78 is 2.04. The lowest BCUT2D eigenvalue weighted by Gasteiger charge is -2.11. The summed E-state index contributed by atoms with van der Waals surface area (Å²) in [7, 11) is 1.99. The van der Waals surface area contributed by atoms with Crippen LogP contribution in [0, 0.1) is 0 Å². The molecule has 0 unspecified atom stereocenters. The van der Waals surface area contributed by atoms with Gasteiger partial charge in [-0.15, -0.1) is 0 Å². The van der Waals surface area contributed by atoms with E-state index in [4.69, 9.17) is 0 Å². The van der Waals surface area contributed by atoms with Gasteiger partial charge in [-0.05, 0) is 18.4 Å². The van der Waals surface area contributed by atoms with Crippen molar-refractivity contribution in [1.82, 2.24) is 14.9 Å². The summed E-state index contributed by atoms with van der Waals surface area (Å²) >= 11 is 1.49. The van der Waals surface area contributed by atoms with Gasteiger partial charge < -0.3 is 9.88 Å². The molecule has 0 spiro atoms. The SMILES string of the molecule is Cn1c(-c2ccccc2)cnc1SCC(=O)NC1CCCC1. The summed E-state index contributed by atoms with van der Waals surface area (Å²) in [5.74, 6) is 0.538. The number of hydrogen-bond acceptors (Lipinski definition) is 3. The maximum atomic E-state index is 12.0. The highest BCUT2D eigenvalue weighted by atomic mass is 32.2. The highest BCUT2D eigenvalue weighted by molar-refractivity contribution is 7.99. The molecule has 0 bridgehead atoms. The van der Waals surface area contributed by atoms with E-state index in [0.717, 1.165) is 29.3 Å². The van der Waals surface area contributed by atoms with Crippen LogP contribution in [0.2, 0.25) is 0 Å². The van der Waals surface area contributed by atoms with Crippen LogP contribution in [0.4, 0.5) is 0 Å². The molecule has 1 N–H and O–H groups in total. The molecule has 0 radical (unpaired) electrons. The summed E-state index contributed by atoms with van der Waals surface area (Å²) in [6.07, 6.45) is 6.58. The molecule has 1 aliphatic rings. The topological polar surface area (TPSA) is 46.9 Å². The highest BCUT2D eigenvalue weighted by Gasteiger charge is 2.17. The number of nitrogens with zero attached hydrogens (tertiary/aromatic N) is 2. The van der Waals surface area contributed by atoms with Crippen LogP contribution in [-0.2, 0) is 11.8 Å². The summed E-state index contributed by atoms with van der Waals surface area (Å²) in [4.78, 5) is 16.4. The van der Waals surface area contributed by atoms with E-state index < -0.39 is 0 Å². The zero-order valence-corrected chi connectivity index (χ0v) is 13.6. The summed E-state index contributed by atoms with van der Waals surface area (Å²) in [5.41, 5.74) is 2.21. The number of hydrogen-bond donors (Lipinski definition) is 1. The van der Waals surface area contributed by atoms with E-state index in [1.807, 2.05) is 36.0 Å². The van der Waals surface area contributed by atoms with Gasteiger partial charge in [0, 0.05) is 13.1 Å². The molecular formula is C17H21N3OS. The van der Waals surface area contributed by atoms with E-state index in [-0.39, 0.29) is 5.91 Å². The van der Waals surface area contributed by atoms with Gasteiger partial charge in [0.1, 0.15) is 0 Å². The lowest BCUT2D eigenvalue weighted by Crippen LogP contribution is -2.33. The molecule has 5 heteroatoms. The van der Waals surface area contributed by atoms with Crippen LogP contribution < -0.4 is 5.32 Å². The lowest BCUT2D eigenvalue weighted by molar-refractivity contribution is -0.119. The summed E-state index contributed by atoms with van der Waals surface area (Å²) in [6, 6.07) is 10.6. The Bertz CT molecular complexity index is 633. The first-order valence-electron chi connectivity index (χ1n) is 7.73. The van der Waals surface area contributed by atoms with Crippen molar-refractivity contribution in [2.75, 3.05) is 5.75 Å². The Hall–Kier alpha value is -1.75. The van der Waals surface area contributed by atoms with Crippen molar-refractivity contribution in [2.24, 2.45) is 7.05 Å². The monoisotopic (exact) mass is 315 g/mol. The first-order chi connectivity index (χ1) is 10.7. The zero-order chi connectivity index (χ0) is 15.4. The second-order valence-electron chi connectivity index (χ2n) is 5.69. The fourth-order valence-corrected chi connectivity index (χ4v) is 3.64. The Kier molecular flexibility index (Phi) is 4.83. The van der Waals surface area contributed by atoms with Gasteiger partial charge in [-0.3, -0.25) is 4.79 Å². The molecule has 1 amide bonds. The molecule has 0 saturated heterocycles. The normalized spacial score (nSPS) is 15.1. The Morgan fingerprint density at radius 2 is 2.05 bits per heavy atom. The molecular weight excluding hydrogens is 294 g/mol. The second kappa shape index (κ2) is 7.01. The van der Waals surface area contributed by atoms with Gasteiger partial charge in [-0.1, -0.05) is 54.9 Å². The van der Waals surface area contributed by atoms with Crippen LogP contribution in [0.25, 0.3) is 11.3 Å². The highest BCUT2D eigenvalue weighted by Crippen LogP contribution is 2.24. The fraction of sp³-hybridized carbons (Fsp3) is 0.412. The van der Waals surface area contributed by atoms with Gasteiger partial charge >= 0.3 is 0 Å². The minimum Gasteiger partial charge on any atom is -0.353 e. The summed E-state index contributed by atoms with van der Waals surface area (Å²) in [5, 5.41) is 3.99. The van der Waals surface area contributed by atoms with E-state index in [1.165, 1.54) is 24.6 Å². The predicted molar refractivity (Wildman–Crippen MR) is 89.8 cm³/mol. The third-order valence-corrected chi connectivity index (χ3v) is 5.11. The number of aromatic nitrogens is 2. The van der Waals surface area contributed by atoms with E-state index in [2.05, 4.69) is 22.4 Å². The zero-order valence-electron chi connectivity index (χ0n) is 12.8. The third kappa shape index (κ3) is 3.53. The molecule has 116 valence electrons. The molecule has 22 heavy (non-hydrogen) atoms. The van der Waals surface area contributed by atoms with Crippen molar-refractivity contribution in [3.63, 3.8) is 0 Å². The van der Waals surface area contributed by atoms with Crippen LogP contribution in [0.15, 0.2) is 41.7 Å². The van der Waals surface area contributed by atoms with E-state index >= 15 is 0 Å². The predicted octanol–water partition coefficient (Wildman–Crippen LogP) is 3.24. The molecule has 1 saturated carbocycles. The Morgan fingerprint density at radius 3 is 2.77 bits per heavy atom. The van der Waals surface area contributed by atoms with E-state index in [0.29, 0.717) is 11.8 Å². The fourth-order valence-electron chi connectivity index (χ4n) is 2.87. The molecule has 0 atom stereocenters. The molecule has 4 nitrogen and oxygen atoms in total. The van der Waals surface area contributed by atoms with Gasteiger partial charge in [0.25, 0.3) is 0 Å². The maximum absolute atomic E-state index is 12.0. The van der Waals surface area contributed by atoms with Crippen LogP contribution in [0.3, 0.4) is 0 Å². The molecule has 3 rings (SSSR count). The number of rotatable bonds is 5. The van der Waals surface area contributed by atoms with Crippen molar-refractivity contribution < 1.29 is 4.79 Å².